The molecule has 0 bridgehead atoms. The molecule has 1 aromatic heterocycles. The summed E-state index contributed by atoms with van der Waals surface area (Å²) in [6, 6.07) is 0. The van der Waals surface area contributed by atoms with Crippen LogP contribution >= 0.6 is 34.8 Å². The third-order valence-electron chi connectivity index (χ3n) is 1.05. The number of alkyl halides is 3. The van der Waals surface area contributed by atoms with Crippen molar-refractivity contribution in [2.24, 2.45) is 7.05 Å². The van der Waals surface area contributed by atoms with Gasteiger partial charge in [0.2, 0.25) is 3.79 Å². The van der Waals surface area contributed by atoms with Gasteiger partial charge in [0.1, 0.15) is 5.69 Å². The first-order valence-electron chi connectivity index (χ1n) is 2.55. The van der Waals surface area contributed by atoms with Gasteiger partial charge in [-0.15, -0.1) is 0 Å². The smallest absolute Gasteiger partial charge is 0.245 e. The molecule has 0 aromatic carbocycles. The number of nitrogens with zero attached hydrogens (tertiary/aromatic N) is 3. The van der Waals surface area contributed by atoms with Gasteiger partial charge < -0.3 is 0 Å². The Morgan fingerprint density at radius 2 is 2.00 bits per heavy atom. The second-order valence-electron chi connectivity index (χ2n) is 1.85. The lowest BCUT2D eigenvalue weighted by molar-refractivity contribution is 0.568. The van der Waals surface area contributed by atoms with E-state index in [4.69, 9.17) is 34.8 Å². The third kappa shape index (κ3) is 1.75. The average molecular weight is 218 g/mol. The SMILES string of the molecule is Cn1nnc(F)c1C(Cl)(Cl)Cl. The third-order valence-corrected chi connectivity index (χ3v) is 1.59. The molecule has 0 radical (unpaired) electrons. The van der Waals surface area contributed by atoms with Gasteiger partial charge in [-0.3, -0.25) is 0 Å². The maximum atomic E-state index is 12.7. The van der Waals surface area contributed by atoms with Gasteiger partial charge in [0, 0.05) is 7.05 Å². The Balaban J connectivity index is 3.21. The minimum atomic E-state index is -1.82. The molecule has 1 heterocycles. The molecule has 7 heteroatoms. The molecule has 0 aliphatic rings. The van der Waals surface area contributed by atoms with E-state index >= 15 is 0 Å². The fourth-order valence-electron chi connectivity index (χ4n) is 0.632. The van der Waals surface area contributed by atoms with Crippen LogP contribution in [0.15, 0.2) is 0 Å². The molecule has 0 unspecified atom stereocenters. The van der Waals surface area contributed by atoms with Gasteiger partial charge in [-0.25, -0.2) is 4.68 Å². The maximum absolute atomic E-state index is 12.7. The molecule has 1 rings (SSSR count). The number of aryl methyl sites for hydroxylation is 1. The molecule has 0 amide bonds. The maximum Gasteiger partial charge on any atom is 0.260 e. The number of halogens is 4. The first kappa shape index (κ1) is 9.03. The molecule has 0 spiro atoms. The molecule has 0 atom stereocenters. The zero-order valence-electron chi connectivity index (χ0n) is 5.35. The van der Waals surface area contributed by atoms with Crippen molar-refractivity contribution in [2.75, 3.05) is 0 Å². The van der Waals surface area contributed by atoms with Crippen LogP contribution in [0.3, 0.4) is 0 Å². The molecular weight excluding hydrogens is 215 g/mol. The summed E-state index contributed by atoms with van der Waals surface area (Å²) in [6.45, 7) is 0. The Morgan fingerprint density at radius 1 is 1.45 bits per heavy atom. The Morgan fingerprint density at radius 3 is 2.18 bits per heavy atom. The van der Waals surface area contributed by atoms with Crippen LogP contribution in [0.25, 0.3) is 0 Å². The lowest BCUT2D eigenvalue weighted by atomic mass is 10.5. The predicted molar refractivity (Wildman–Crippen MR) is 40.2 cm³/mol. The van der Waals surface area contributed by atoms with Crippen LogP contribution in [-0.4, -0.2) is 15.0 Å². The number of hydrogen-bond acceptors (Lipinski definition) is 2. The number of aromatic nitrogens is 3. The largest absolute Gasteiger partial charge is 0.260 e. The van der Waals surface area contributed by atoms with Gasteiger partial charge in [0.25, 0.3) is 5.95 Å². The van der Waals surface area contributed by atoms with Crippen molar-refractivity contribution >= 4 is 34.8 Å². The van der Waals surface area contributed by atoms with Crippen LogP contribution in [0.5, 0.6) is 0 Å². The lowest BCUT2D eigenvalue weighted by Crippen LogP contribution is -2.10. The highest BCUT2D eigenvalue weighted by Gasteiger charge is 2.31. The Labute approximate surface area is 77.0 Å². The van der Waals surface area contributed by atoms with Crippen LogP contribution in [0, 0.1) is 5.95 Å². The van der Waals surface area contributed by atoms with Gasteiger partial charge in [0.15, 0.2) is 0 Å². The average Bonchev–Trinajstić information content (AvgIpc) is 2.08. The van der Waals surface area contributed by atoms with Crippen molar-refractivity contribution in [1.29, 1.82) is 0 Å². The van der Waals surface area contributed by atoms with Crippen molar-refractivity contribution in [3.63, 3.8) is 0 Å². The zero-order valence-corrected chi connectivity index (χ0v) is 7.62. The summed E-state index contributed by atoms with van der Waals surface area (Å²) in [5.74, 6) is -0.868. The Hall–Kier alpha value is -0.0600. The van der Waals surface area contributed by atoms with Crippen molar-refractivity contribution in [3.8, 4) is 0 Å². The van der Waals surface area contributed by atoms with Gasteiger partial charge in [-0.05, 0) is 0 Å². The van der Waals surface area contributed by atoms with Crippen LogP contribution < -0.4 is 0 Å². The predicted octanol–water partition coefficient (Wildman–Crippen LogP) is 1.78. The zero-order chi connectivity index (χ0) is 8.65. The van der Waals surface area contributed by atoms with E-state index < -0.39 is 9.74 Å². The summed E-state index contributed by atoms with van der Waals surface area (Å²) in [5.41, 5.74) is -0.164. The Bertz CT molecular complexity index is 247. The minimum Gasteiger partial charge on any atom is -0.245 e. The molecule has 0 aliphatic carbocycles. The highest BCUT2D eigenvalue weighted by atomic mass is 35.6. The van der Waals surface area contributed by atoms with Crippen molar-refractivity contribution in [3.05, 3.63) is 11.6 Å². The van der Waals surface area contributed by atoms with Crippen molar-refractivity contribution in [2.45, 2.75) is 3.79 Å². The molecule has 3 nitrogen and oxygen atoms in total. The van der Waals surface area contributed by atoms with Gasteiger partial charge >= 0.3 is 0 Å². The topological polar surface area (TPSA) is 30.7 Å². The van der Waals surface area contributed by atoms with Crippen LogP contribution in [-0.2, 0) is 10.8 Å². The van der Waals surface area contributed by atoms with E-state index in [1.807, 2.05) is 0 Å². The molecule has 62 valence electrons. The first-order valence-corrected chi connectivity index (χ1v) is 3.68. The molecule has 0 saturated carbocycles. The second-order valence-corrected chi connectivity index (χ2v) is 4.13. The van der Waals surface area contributed by atoms with E-state index in [2.05, 4.69) is 10.3 Å². The van der Waals surface area contributed by atoms with Gasteiger partial charge in [0.05, 0.1) is 0 Å². The van der Waals surface area contributed by atoms with Crippen LogP contribution in [0.1, 0.15) is 5.69 Å². The van der Waals surface area contributed by atoms with Gasteiger partial charge in [-0.1, -0.05) is 45.1 Å². The van der Waals surface area contributed by atoms with E-state index in [1.54, 1.807) is 0 Å². The summed E-state index contributed by atoms with van der Waals surface area (Å²) < 4.78 is 11.9. The van der Waals surface area contributed by atoms with Crippen molar-refractivity contribution in [1.82, 2.24) is 15.0 Å². The lowest BCUT2D eigenvalue weighted by Gasteiger charge is -2.08. The Kier molecular flexibility index (Phi) is 2.27. The fourth-order valence-corrected chi connectivity index (χ4v) is 1.23. The molecule has 1 aromatic rings. The van der Waals surface area contributed by atoms with E-state index in [-0.39, 0.29) is 5.69 Å². The summed E-state index contributed by atoms with van der Waals surface area (Å²) in [7, 11) is 1.44. The quantitative estimate of drug-likeness (QED) is 0.622. The van der Waals surface area contributed by atoms with Crippen LogP contribution in [0.4, 0.5) is 4.39 Å². The number of rotatable bonds is 0. The summed E-state index contributed by atoms with van der Waals surface area (Å²) >= 11 is 16.2. The summed E-state index contributed by atoms with van der Waals surface area (Å²) in [6.07, 6.45) is 0. The molecule has 0 N–H and O–H groups in total. The molecule has 0 fully saturated rings. The van der Waals surface area contributed by atoms with E-state index in [9.17, 15) is 4.39 Å². The van der Waals surface area contributed by atoms with Gasteiger partial charge in [-0.2, -0.15) is 4.39 Å². The molecule has 0 aliphatic heterocycles. The summed E-state index contributed by atoms with van der Waals surface area (Å²) in [4.78, 5) is 0. The minimum absolute atomic E-state index is 0.164. The molecular formula is C4H3Cl3FN3. The molecule has 11 heavy (non-hydrogen) atoms. The van der Waals surface area contributed by atoms with Crippen LogP contribution in [0.2, 0.25) is 0 Å². The fraction of sp³-hybridized carbons (Fsp3) is 0.500. The normalized spacial score (nSPS) is 12.1. The standard InChI is InChI=1S/C4H3Cl3FN3/c1-11-2(4(5,6)7)3(8)9-10-11/h1H3. The van der Waals surface area contributed by atoms with E-state index in [1.165, 1.54) is 7.05 Å². The monoisotopic (exact) mass is 217 g/mol. The summed E-state index contributed by atoms with van der Waals surface area (Å²) in [5, 5.41) is 6.40. The number of hydrogen-bond donors (Lipinski definition) is 0. The van der Waals surface area contributed by atoms with E-state index in [0.29, 0.717) is 0 Å². The second kappa shape index (κ2) is 2.77. The van der Waals surface area contributed by atoms with Crippen molar-refractivity contribution < 1.29 is 4.39 Å². The highest BCUT2D eigenvalue weighted by Crippen LogP contribution is 2.38. The molecule has 0 saturated heterocycles. The first-order chi connectivity index (χ1) is 4.93. The highest BCUT2D eigenvalue weighted by molar-refractivity contribution is 6.66. The van der Waals surface area contributed by atoms with E-state index in [0.717, 1.165) is 4.68 Å².